The van der Waals surface area contributed by atoms with Gasteiger partial charge in [-0.1, -0.05) is 13.3 Å². The maximum atomic E-state index is 12.1. The second kappa shape index (κ2) is 6.52. The molecule has 0 spiro atoms. The molecule has 1 heterocycles. The van der Waals surface area contributed by atoms with Gasteiger partial charge in [0.2, 0.25) is 0 Å². The van der Waals surface area contributed by atoms with Gasteiger partial charge in [0.25, 0.3) is 5.56 Å². The first-order chi connectivity index (χ1) is 9.15. The molecule has 5 nitrogen and oxygen atoms in total. The molecule has 0 bridgehead atoms. The van der Waals surface area contributed by atoms with Gasteiger partial charge >= 0.3 is 0 Å². The first-order valence-corrected chi connectivity index (χ1v) is 7.50. The summed E-state index contributed by atoms with van der Waals surface area (Å²) in [6, 6.07) is 0.369. The summed E-state index contributed by atoms with van der Waals surface area (Å²) in [6.45, 7) is 2.77. The summed E-state index contributed by atoms with van der Waals surface area (Å²) >= 11 is 3.37. The molecule has 0 radical (unpaired) electrons. The number of rotatable bonds is 6. The van der Waals surface area contributed by atoms with Crippen LogP contribution in [-0.2, 0) is 11.3 Å². The van der Waals surface area contributed by atoms with E-state index in [4.69, 9.17) is 4.74 Å². The van der Waals surface area contributed by atoms with E-state index in [-0.39, 0.29) is 5.56 Å². The lowest BCUT2D eigenvalue weighted by molar-refractivity contribution is 0.0328. The van der Waals surface area contributed by atoms with E-state index in [0.717, 1.165) is 31.4 Å². The summed E-state index contributed by atoms with van der Waals surface area (Å²) in [5.41, 5.74) is 0.707. The van der Waals surface area contributed by atoms with E-state index in [2.05, 4.69) is 33.3 Å². The number of aromatic nitrogens is 2. The molecule has 0 aromatic carbocycles. The van der Waals surface area contributed by atoms with Crippen LogP contribution in [0.2, 0.25) is 0 Å². The van der Waals surface area contributed by atoms with Gasteiger partial charge in [0.1, 0.15) is 4.47 Å². The highest BCUT2D eigenvalue weighted by Crippen LogP contribution is 2.28. The van der Waals surface area contributed by atoms with Crippen molar-refractivity contribution in [2.24, 2.45) is 0 Å². The van der Waals surface area contributed by atoms with Crippen molar-refractivity contribution in [3.05, 3.63) is 21.0 Å². The lowest BCUT2D eigenvalue weighted by Crippen LogP contribution is -2.40. The van der Waals surface area contributed by atoms with Crippen molar-refractivity contribution in [3.8, 4) is 0 Å². The Balaban J connectivity index is 2.02. The predicted molar refractivity (Wildman–Crippen MR) is 78.5 cm³/mol. The van der Waals surface area contributed by atoms with Crippen molar-refractivity contribution in [1.29, 1.82) is 0 Å². The Bertz CT molecular complexity index is 483. The third-order valence-electron chi connectivity index (χ3n) is 3.50. The standard InChI is InChI=1S/C13H20BrN3O2/c1-3-4-5-17-13(18)12(14)11(8-15-17)16-9-6-10(7-9)19-2/h8-10,16H,3-7H2,1-2H3. The largest absolute Gasteiger partial charge is 0.381 e. The van der Waals surface area contributed by atoms with Gasteiger partial charge in [-0.25, -0.2) is 4.68 Å². The van der Waals surface area contributed by atoms with Crippen LogP contribution < -0.4 is 10.9 Å². The minimum atomic E-state index is -0.0685. The van der Waals surface area contributed by atoms with Crippen molar-refractivity contribution in [2.75, 3.05) is 12.4 Å². The lowest BCUT2D eigenvalue weighted by Gasteiger charge is -2.35. The van der Waals surface area contributed by atoms with Gasteiger partial charge in [-0.2, -0.15) is 5.10 Å². The molecule has 106 valence electrons. The third-order valence-corrected chi connectivity index (χ3v) is 4.26. The first-order valence-electron chi connectivity index (χ1n) is 6.70. The quantitative estimate of drug-likeness (QED) is 0.870. The van der Waals surface area contributed by atoms with E-state index in [9.17, 15) is 4.79 Å². The topological polar surface area (TPSA) is 56.1 Å². The Morgan fingerprint density at radius 2 is 2.32 bits per heavy atom. The summed E-state index contributed by atoms with van der Waals surface area (Å²) in [6.07, 6.45) is 6.02. The Morgan fingerprint density at radius 3 is 2.95 bits per heavy atom. The Labute approximate surface area is 121 Å². The van der Waals surface area contributed by atoms with Gasteiger partial charge in [0.05, 0.1) is 18.0 Å². The fourth-order valence-corrected chi connectivity index (χ4v) is 2.55. The number of nitrogens with one attached hydrogen (secondary N) is 1. The molecule has 1 saturated carbocycles. The van der Waals surface area contributed by atoms with Crippen molar-refractivity contribution >= 4 is 21.6 Å². The number of nitrogens with zero attached hydrogens (tertiary/aromatic N) is 2. The summed E-state index contributed by atoms with van der Waals surface area (Å²) in [5.74, 6) is 0. The average molecular weight is 330 g/mol. The minimum Gasteiger partial charge on any atom is -0.381 e. The van der Waals surface area contributed by atoms with Crippen LogP contribution in [0.5, 0.6) is 0 Å². The smallest absolute Gasteiger partial charge is 0.283 e. The molecular weight excluding hydrogens is 310 g/mol. The Morgan fingerprint density at radius 1 is 1.58 bits per heavy atom. The van der Waals surface area contributed by atoms with Crippen LogP contribution in [0.3, 0.4) is 0 Å². The van der Waals surface area contributed by atoms with Gasteiger partial charge in [-0.3, -0.25) is 4.79 Å². The van der Waals surface area contributed by atoms with Crippen LogP contribution in [0, 0.1) is 0 Å². The Kier molecular flexibility index (Phi) is 4.99. The van der Waals surface area contributed by atoms with Gasteiger partial charge in [0.15, 0.2) is 0 Å². The van der Waals surface area contributed by atoms with Crippen LogP contribution >= 0.6 is 15.9 Å². The molecule has 19 heavy (non-hydrogen) atoms. The zero-order chi connectivity index (χ0) is 13.8. The molecule has 0 aliphatic heterocycles. The number of ether oxygens (including phenoxy) is 1. The van der Waals surface area contributed by atoms with Crippen molar-refractivity contribution in [1.82, 2.24) is 9.78 Å². The molecule has 6 heteroatoms. The van der Waals surface area contributed by atoms with Gasteiger partial charge < -0.3 is 10.1 Å². The highest BCUT2D eigenvalue weighted by atomic mass is 79.9. The molecular formula is C13H20BrN3O2. The minimum absolute atomic E-state index is 0.0685. The van der Waals surface area contributed by atoms with Crippen LogP contribution in [0.15, 0.2) is 15.5 Å². The molecule has 1 fully saturated rings. The zero-order valence-electron chi connectivity index (χ0n) is 11.4. The second-order valence-electron chi connectivity index (χ2n) is 4.92. The summed E-state index contributed by atoms with van der Waals surface area (Å²) in [7, 11) is 1.73. The number of aryl methyl sites for hydroxylation is 1. The summed E-state index contributed by atoms with van der Waals surface area (Å²) < 4.78 is 7.32. The van der Waals surface area contributed by atoms with Gasteiger partial charge in [-0.05, 0) is 35.2 Å². The molecule has 1 N–H and O–H groups in total. The fourth-order valence-electron chi connectivity index (χ4n) is 2.13. The average Bonchev–Trinajstić information content (AvgIpc) is 2.37. The predicted octanol–water partition coefficient (Wildman–Crippen LogP) is 2.40. The molecule has 0 amide bonds. The molecule has 2 rings (SSSR count). The van der Waals surface area contributed by atoms with Gasteiger partial charge in [0, 0.05) is 19.7 Å². The maximum absolute atomic E-state index is 12.1. The van der Waals surface area contributed by atoms with E-state index >= 15 is 0 Å². The summed E-state index contributed by atoms with van der Waals surface area (Å²) in [5, 5.41) is 7.54. The van der Waals surface area contributed by atoms with E-state index in [1.165, 1.54) is 4.68 Å². The highest BCUT2D eigenvalue weighted by molar-refractivity contribution is 9.10. The van der Waals surface area contributed by atoms with E-state index < -0.39 is 0 Å². The van der Waals surface area contributed by atoms with Crippen molar-refractivity contribution in [3.63, 3.8) is 0 Å². The van der Waals surface area contributed by atoms with Crippen molar-refractivity contribution < 1.29 is 4.74 Å². The first kappa shape index (κ1) is 14.5. The molecule has 1 aromatic rings. The van der Waals surface area contributed by atoms with Gasteiger partial charge in [-0.15, -0.1) is 0 Å². The molecule has 0 atom stereocenters. The second-order valence-corrected chi connectivity index (χ2v) is 5.72. The molecule has 0 unspecified atom stereocenters. The molecule has 1 aliphatic carbocycles. The number of hydrogen-bond donors (Lipinski definition) is 1. The zero-order valence-corrected chi connectivity index (χ0v) is 12.9. The number of halogens is 1. The third kappa shape index (κ3) is 3.36. The number of hydrogen-bond acceptors (Lipinski definition) is 4. The van der Waals surface area contributed by atoms with E-state index in [1.807, 2.05) is 0 Å². The molecule has 0 saturated heterocycles. The van der Waals surface area contributed by atoms with Crippen LogP contribution in [0.4, 0.5) is 5.69 Å². The SMILES string of the molecule is CCCCn1ncc(NC2CC(OC)C2)c(Br)c1=O. The fraction of sp³-hybridized carbons (Fsp3) is 0.692. The Hall–Kier alpha value is -0.880. The summed E-state index contributed by atoms with van der Waals surface area (Å²) in [4.78, 5) is 12.1. The molecule has 1 aliphatic rings. The molecule has 1 aromatic heterocycles. The van der Waals surface area contributed by atoms with Crippen LogP contribution in [0.1, 0.15) is 32.6 Å². The van der Waals surface area contributed by atoms with Crippen LogP contribution in [-0.4, -0.2) is 29.0 Å². The van der Waals surface area contributed by atoms with E-state index in [0.29, 0.717) is 23.2 Å². The number of anilines is 1. The van der Waals surface area contributed by atoms with Crippen LogP contribution in [0.25, 0.3) is 0 Å². The monoisotopic (exact) mass is 329 g/mol. The van der Waals surface area contributed by atoms with Crippen molar-refractivity contribution in [2.45, 2.75) is 51.3 Å². The number of methoxy groups -OCH3 is 1. The maximum Gasteiger partial charge on any atom is 0.283 e. The van der Waals surface area contributed by atoms with E-state index in [1.54, 1.807) is 13.3 Å². The lowest BCUT2D eigenvalue weighted by atomic mass is 9.89. The number of unbranched alkanes of at least 4 members (excludes halogenated alkanes) is 1. The normalized spacial score (nSPS) is 22.1. The highest BCUT2D eigenvalue weighted by Gasteiger charge is 2.29.